The second-order valence-corrected chi connectivity index (χ2v) is 19.1. The number of fused-ring (bicyclic) bond motifs is 10. The first-order valence-corrected chi connectivity index (χ1v) is 20.9. The quantitative estimate of drug-likeness (QED) is 0.252. The number of allylic oxidation sites excluding steroid dienone is 5. The molecule has 0 aromatic rings. The van der Waals surface area contributed by atoms with Gasteiger partial charge in [-0.25, -0.2) is 4.39 Å². The van der Waals surface area contributed by atoms with Crippen molar-refractivity contribution in [3.05, 3.63) is 35.5 Å². The number of hydrogen-bond donors (Lipinski definition) is 3. The number of aliphatic hydroxyl groups is 3. The van der Waals surface area contributed by atoms with Crippen LogP contribution in [0.4, 0.5) is 4.39 Å². The topological polar surface area (TPSA) is 147 Å². The van der Waals surface area contributed by atoms with Crippen LogP contribution in [-0.2, 0) is 28.7 Å². The first-order valence-electron chi connectivity index (χ1n) is 20.9. The van der Waals surface area contributed by atoms with Crippen LogP contribution in [0, 0.1) is 58.2 Å². The summed E-state index contributed by atoms with van der Waals surface area (Å²) in [5, 5.41) is 34.6. The Morgan fingerprint density at radius 2 is 1.69 bits per heavy atom. The zero-order chi connectivity index (χ0) is 38.4. The van der Waals surface area contributed by atoms with Gasteiger partial charge in [0.1, 0.15) is 24.5 Å². The van der Waals surface area contributed by atoms with E-state index in [-0.39, 0.29) is 66.1 Å². The monoisotopic (exact) mass is 750 g/mol. The van der Waals surface area contributed by atoms with Gasteiger partial charge in [-0.2, -0.15) is 0 Å². The Morgan fingerprint density at radius 1 is 0.907 bits per heavy atom. The molecule has 8 aliphatic rings. The van der Waals surface area contributed by atoms with E-state index >= 15 is 4.39 Å². The summed E-state index contributed by atoms with van der Waals surface area (Å²) in [5.41, 5.74) is -1.56. The number of carbonyl (C=O) groups excluding carboxylic acids is 4. The molecule has 8 rings (SSSR count). The molecule has 6 fully saturated rings. The maximum Gasteiger partial charge on any atom is 0.306 e. The summed E-state index contributed by atoms with van der Waals surface area (Å²) in [5.74, 6) is -1.70. The van der Waals surface area contributed by atoms with Crippen LogP contribution in [-0.4, -0.2) is 75.0 Å². The maximum absolute atomic E-state index is 16.9. The van der Waals surface area contributed by atoms with Gasteiger partial charge < -0.3 is 24.8 Å². The number of halogens is 1. The lowest BCUT2D eigenvalue weighted by molar-refractivity contribution is -0.198. The molecule has 0 saturated heterocycles. The highest BCUT2D eigenvalue weighted by Crippen LogP contribution is 2.66. The van der Waals surface area contributed by atoms with Crippen molar-refractivity contribution in [2.45, 2.75) is 147 Å². The highest BCUT2D eigenvalue weighted by Gasteiger charge is 2.68. The fraction of sp³-hybridized carbons (Fsp3) is 0.773. The molecule has 0 bridgehead atoms. The predicted octanol–water partition coefficient (Wildman–Crippen LogP) is 6.07. The van der Waals surface area contributed by atoms with Gasteiger partial charge in [0.05, 0.1) is 11.7 Å². The number of alkyl halides is 1. The first-order chi connectivity index (χ1) is 25.6. The number of rotatable bonds is 8. The summed E-state index contributed by atoms with van der Waals surface area (Å²) in [6.07, 6.45) is 12.7. The van der Waals surface area contributed by atoms with Crippen LogP contribution in [0.5, 0.6) is 0 Å². The van der Waals surface area contributed by atoms with Gasteiger partial charge in [-0.15, -0.1) is 0 Å². The lowest BCUT2D eigenvalue weighted by Gasteiger charge is -2.57. The van der Waals surface area contributed by atoms with E-state index in [1.54, 1.807) is 6.08 Å². The molecule has 6 saturated carbocycles. The Kier molecular flexibility index (Phi) is 9.73. The van der Waals surface area contributed by atoms with E-state index in [1.165, 1.54) is 17.7 Å². The van der Waals surface area contributed by atoms with Crippen molar-refractivity contribution in [2.75, 3.05) is 6.61 Å². The number of aliphatic hydroxyl groups excluding tert-OH is 2. The van der Waals surface area contributed by atoms with Gasteiger partial charge in [-0.1, -0.05) is 38.0 Å². The van der Waals surface area contributed by atoms with Gasteiger partial charge in [0.25, 0.3) is 0 Å². The zero-order valence-corrected chi connectivity index (χ0v) is 32.1. The van der Waals surface area contributed by atoms with E-state index in [2.05, 4.69) is 13.8 Å². The second kappa shape index (κ2) is 13.8. The third kappa shape index (κ3) is 5.85. The Bertz CT molecular complexity index is 1670. The van der Waals surface area contributed by atoms with Crippen molar-refractivity contribution in [1.82, 2.24) is 0 Å². The summed E-state index contributed by atoms with van der Waals surface area (Å²) >= 11 is 0. The van der Waals surface area contributed by atoms with E-state index in [9.17, 15) is 34.5 Å². The van der Waals surface area contributed by atoms with E-state index < -0.39 is 59.7 Å². The minimum absolute atomic E-state index is 0.0362. The van der Waals surface area contributed by atoms with Gasteiger partial charge in [0, 0.05) is 30.6 Å². The predicted molar refractivity (Wildman–Crippen MR) is 196 cm³/mol. The molecule has 8 aliphatic carbocycles. The minimum Gasteiger partial charge on any atom is -0.463 e. The molecule has 9 nitrogen and oxygen atoms in total. The fourth-order valence-electron chi connectivity index (χ4n) is 14.0. The molecule has 0 aromatic heterocycles. The molecule has 0 spiro atoms. The number of ether oxygens (including phenoxy) is 2. The Morgan fingerprint density at radius 3 is 2.48 bits per heavy atom. The maximum atomic E-state index is 16.9. The molecule has 0 amide bonds. The van der Waals surface area contributed by atoms with Crippen LogP contribution in [0.2, 0.25) is 0 Å². The van der Waals surface area contributed by atoms with Crippen molar-refractivity contribution in [3.8, 4) is 0 Å². The van der Waals surface area contributed by atoms with Gasteiger partial charge in [-0.05, 0) is 142 Å². The van der Waals surface area contributed by atoms with Gasteiger partial charge in [-0.3, -0.25) is 19.2 Å². The summed E-state index contributed by atoms with van der Waals surface area (Å²) < 4.78 is 28.5. The van der Waals surface area contributed by atoms with E-state index in [4.69, 9.17) is 9.47 Å². The van der Waals surface area contributed by atoms with E-state index in [1.807, 2.05) is 13.0 Å². The number of ketones is 2. The average molecular weight is 751 g/mol. The lowest BCUT2D eigenvalue weighted by atomic mass is 9.47. The Balaban J connectivity index is 0.814. The summed E-state index contributed by atoms with van der Waals surface area (Å²) in [6, 6.07) is 0. The van der Waals surface area contributed by atoms with Gasteiger partial charge >= 0.3 is 11.9 Å². The van der Waals surface area contributed by atoms with Crippen LogP contribution in [0.25, 0.3) is 0 Å². The van der Waals surface area contributed by atoms with Crippen LogP contribution >= 0.6 is 0 Å². The van der Waals surface area contributed by atoms with Crippen molar-refractivity contribution in [1.29, 1.82) is 0 Å². The number of esters is 2. The largest absolute Gasteiger partial charge is 0.463 e. The van der Waals surface area contributed by atoms with Crippen molar-refractivity contribution < 1.29 is 48.4 Å². The number of hydrogen-bond acceptors (Lipinski definition) is 9. The molecule has 296 valence electrons. The molecule has 0 aliphatic heterocycles. The molecule has 54 heavy (non-hydrogen) atoms. The SMILES string of the molecule is C[C@H]1CC2C(C[C@H](O)[C@]3(F)C4C=CC(=O)C=C4CCC23)[C@@]1(O)C(O)COC(=O)CCCC(=O)O[C@H]1CCC2C3CCC4=CC(=O)CC[C@]4(C)C3CC[C@@]21C. The van der Waals surface area contributed by atoms with Crippen LogP contribution < -0.4 is 0 Å². The van der Waals surface area contributed by atoms with E-state index in [0.29, 0.717) is 49.0 Å². The first kappa shape index (κ1) is 38.2. The molecule has 15 atom stereocenters. The molecule has 10 heteroatoms. The number of carbonyl (C=O) groups is 4. The lowest BCUT2D eigenvalue weighted by Crippen LogP contribution is -2.63. The summed E-state index contributed by atoms with van der Waals surface area (Å²) in [4.78, 5) is 50.0. The third-order valence-electron chi connectivity index (χ3n) is 16.8. The molecule has 8 unspecified atom stereocenters. The van der Waals surface area contributed by atoms with Gasteiger partial charge in [0.2, 0.25) is 0 Å². The molecule has 0 heterocycles. The highest BCUT2D eigenvalue weighted by atomic mass is 19.1. The smallest absolute Gasteiger partial charge is 0.306 e. The fourth-order valence-corrected chi connectivity index (χ4v) is 14.0. The van der Waals surface area contributed by atoms with Crippen molar-refractivity contribution in [3.63, 3.8) is 0 Å². The summed E-state index contributed by atoms with van der Waals surface area (Å²) in [6.45, 7) is 6.04. The second-order valence-electron chi connectivity index (χ2n) is 19.1. The van der Waals surface area contributed by atoms with Gasteiger partial charge in [0.15, 0.2) is 11.6 Å². The Labute approximate surface area is 318 Å². The summed E-state index contributed by atoms with van der Waals surface area (Å²) in [7, 11) is 0. The standard InChI is InChI=1S/C44H59FO9/c1-24-19-30-34-11-7-25-20-27(46)9-12-31(25)43(34,45)36(48)22-35(30)44(24,52)37(49)23-53-39(50)5-4-6-40(51)54-38-14-13-32-29-10-8-26-21-28(47)15-17-41(26,2)33(29)16-18-42(32,38)3/h9,12,20-21,24,29-38,48-49,52H,4-8,10-11,13-19,22-23H2,1-3H3/t24-,29?,30?,31?,32?,33?,34?,35?,36-,37?,38-,41-,42-,43-,44+/m0/s1. The van der Waals surface area contributed by atoms with Crippen LogP contribution in [0.1, 0.15) is 117 Å². The molecule has 3 N–H and O–H groups in total. The normalized spacial score (nSPS) is 46.8. The Hall–Kier alpha value is -2.69. The van der Waals surface area contributed by atoms with Crippen molar-refractivity contribution >= 4 is 23.5 Å². The minimum atomic E-state index is -1.96. The third-order valence-corrected chi connectivity index (χ3v) is 16.8. The van der Waals surface area contributed by atoms with Crippen molar-refractivity contribution in [2.24, 2.45) is 58.2 Å². The zero-order valence-electron chi connectivity index (χ0n) is 32.1. The highest BCUT2D eigenvalue weighted by molar-refractivity contribution is 6.01. The molecule has 0 aromatic carbocycles. The molecule has 0 radical (unpaired) electrons. The van der Waals surface area contributed by atoms with Crippen LogP contribution in [0.15, 0.2) is 35.5 Å². The van der Waals surface area contributed by atoms with Crippen LogP contribution in [0.3, 0.4) is 0 Å². The van der Waals surface area contributed by atoms with E-state index in [0.717, 1.165) is 44.9 Å². The molecular formula is C44H59FO9. The molecular weight excluding hydrogens is 691 g/mol. The average Bonchev–Trinajstić information content (AvgIpc) is 3.59.